The summed E-state index contributed by atoms with van der Waals surface area (Å²) in [6.45, 7) is 4.77. The molecule has 0 spiro atoms. The lowest BCUT2D eigenvalue weighted by molar-refractivity contribution is -0.274. The van der Waals surface area contributed by atoms with Crippen LogP contribution in [0.25, 0.3) is 11.3 Å². The normalized spacial score (nSPS) is 16.5. The molecule has 218 valence electrons. The summed E-state index contributed by atoms with van der Waals surface area (Å²) in [6, 6.07) is 6.45. The first-order valence-corrected chi connectivity index (χ1v) is 13.1. The molecule has 2 aliphatic rings. The van der Waals surface area contributed by atoms with Gasteiger partial charge in [-0.3, -0.25) is 4.79 Å². The number of likely N-dealkylation sites (tertiary alicyclic amines) is 1. The Hall–Kier alpha value is -4.00. The number of rotatable bonds is 6. The number of carbonyl (C=O) groups excluding carboxylic acids is 1. The van der Waals surface area contributed by atoms with Gasteiger partial charge in [-0.05, 0) is 82.6 Å². The highest BCUT2D eigenvalue weighted by Crippen LogP contribution is 2.42. The SMILES string of the molecule is CC(C)N1C(=O)COc2c(F)cc(-c3nc(Nc4ccc(C5CCN(C)CC5)c(F)c4)ncc3OC(F)(F)F)cc21. The number of anilines is 3. The number of alkyl halides is 3. The summed E-state index contributed by atoms with van der Waals surface area (Å²) >= 11 is 0. The van der Waals surface area contributed by atoms with Gasteiger partial charge < -0.3 is 24.6 Å². The topological polar surface area (TPSA) is 79.8 Å². The van der Waals surface area contributed by atoms with E-state index < -0.39 is 35.3 Å². The van der Waals surface area contributed by atoms with Crippen LogP contribution in [0.5, 0.6) is 11.5 Å². The first-order chi connectivity index (χ1) is 19.4. The van der Waals surface area contributed by atoms with Crippen molar-refractivity contribution in [1.29, 1.82) is 0 Å². The smallest absolute Gasteiger partial charge is 0.478 e. The predicted molar refractivity (Wildman–Crippen MR) is 141 cm³/mol. The number of piperidine rings is 1. The summed E-state index contributed by atoms with van der Waals surface area (Å²) in [5, 5.41) is 2.80. The second kappa shape index (κ2) is 11.1. The fraction of sp³-hybridized carbons (Fsp3) is 0.393. The van der Waals surface area contributed by atoms with Crippen molar-refractivity contribution in [3.05, 3.63) is 53.7 Å². The Bertz CT molecular complexity index is 1460. The number of fused-ring (bicyclic) bond motifs is 1. The largest absolute Gasteiger partial charge is 0.573 e. The van der Waals surface area contributed by atoms with E-state index in [9.17, 15) is 18.0 Å². The molecule has 1 fully saturated rings. The highest BCUT2D eigenvalue weighted by Gasteiger charge is 2.35. The van der Waals surface area contributed by atoms with Crippen molar-refractivity contribution in [2.75, 3.05) is 37.0 Å². The van der Waals surface area contributed by atoms with Gasteiger partial charge in [0, 0.05) is 17.3 Å². The van der Waals surface area contributed by atoms with Gasteiger partial charge in [-0.2, -0.15) is 0 Å². The molecule has 0 atom stereocenters. The Balaban J connectivity index is 1.50. The first-order valence-electron chi connectivity index (χ1n) is 13.1. The zero-order chi connectivity index (χ0) is 29.5. The number of carbonyl (C=O) groups is 1. The van der Waals surface area contributed by atoms with Crippen molar-refractivity contribution >= 4 is 23.2 Å². The molecule has 2 aromatic carbocycles. The minimum atomic E-state index is -5.09. The Morgan fingerprint density at radius 2 is 1.83 bits per heavy atom. The van der Waals surface area contributed by atoms with E-state index in [0.29, 0.717) is 5.56 Å². The number of benzene rings is 2. The molecule has 0 radical (unpaired) electrons. The van der Waals surface area contributed by atoms with Crippen LogP contribution in [0.1, 0.15) is 38.2 Å². The third-order valence-corrected chi connectivity index (χ3v) is 7.08. The van der Waals surface area contributed by atoms with Gasteiger partial charge in [-0.15, -0.1) is 13.2 Å². The zero-order valence-corrected chi connectivity index (χ0v) is 22.6. The molecule has 0 saturated carbocycles. The van der Waals surface area contributed by atoms with E-state index in [2.05, 4.69) is 24.9 Å². The Kier molecular flexibility index (Phi) is 7.73. The lowest BCUT2D eigenvalue weighted by atomic mass is 9.89. The van der Waals surface area contributed by atoms with Gasteiger partial charge >= 0.3 is 6.36 Å². The number of hydrogen-bond acceptors (Lipinski definition) is 7. The maximum Gasteiger partial charge on any atom is 0.573 e. The molecule has 13 heteroatoms. The fourth-order valence-electron chi connectivity index (χ4n) is 5.16. The third kappa shape index (κ3) is 6.19. The van der Waals surface area contributed by atoms with Crippen LogP contribution in [0.4, 0.5) is 39.3 Å². The van der Waals surface area contributed by atoms with Gasteiger partial charge in [0.25, 0.3) is 5.91 Å². The molecule has 8 nitrogen and oxygen atoms in total. The van der Waals surface area contributed by atoms with E-state index in [1.54, 1.807) is 26.0 Å². The van der Waals surface area contributed by atoms with Crippen LogP contribution in [0.2, 0.25) is 0 Å². The average molecular weight is 578 g/mol. The highest BCUT2D eigenvalue weighted by atomic mass is 19.4. The maximum absolute atomic E-state index is 15.1. The minimum absolute atomic E-state index is 0.0453. The van der Waals surface area contributed by atoms with Crippen LogP contribution < -0.4 is 19.7 Å². The molecule has 41 heavy (non-hydrogen) atoms. The van der Waals surface area contributed by atoms with Crippen LogP contribution in [0.15, 0.2) is 36.5 Å². The van der Waals surface area contributed by atoms with Gasteiger partial charge in [0.1, 0.15) is 11.5 Å². The van der Waals surface area contributed by atoms with Crippen LogP contribution in [0, 0.1) is 11.6 Å². The minimum Gasteiger partial charge on any atom is -0.478 e. The second-order valence-electron chi connectivity index (χ2n) is 10.3. The van der Waals surface area contributed by atoms with Gasteiger partial charge in [0.15, 0.2) is 23.9 Å². The molecular weight excluding hydrogens is 549 g/mol. The molecule has 0 unspecified atom stereocenters. The quantitative estimate of drug-likeness (QED) is 0.360. The molecule has 0 bridgehead atoms. The van der Waals surface area contributed by atoms with E-state index in [4.69, 9.17) is 4.74 Å². The van der Waals surface area contributed by atoms with Crippen molar-refractivity contribution < 1.29 is 36.2 Å². The summed E-state index contributed by atoms with van der Waals surface area (Å²) in [6.07, 6.45) is -2.64. The highest BCUT2D eigenvalue weighted by molar-refractivity contribution is 5.99. The monoisotopic (exact) mass is 577 g/mol. The zero-order valence-electron chi connectivity index (χ0n) is 22.6. The maximum atomic E-state index is 15.1. The Labute approximate surface area is 233 Å². The number of nitrogens with zero attached hydrogens (tertiary/aromatic N) is 4. The van der Waals surface area contributed by atoms with Crippen molar-refractivity contribution in [3.8, 4) is 22.8 Å². The lowest BCUT2D eigenvalue weighted by Gasteiger charge is -2.33. The summed E-state index contributed by atoms with van der Waals surface area (Å²) in [4.78, 5) is 24.0. The molecule has 1 aromatic heterocycles. The molecule has 3 aromatic rings. The summed E-state index contributed by atoms with van der Waals surface area (Å²) in [5.74, 6) is -2.83. The van der Waals surface area contributed by atoms with Crippen molar-refractivity contribution in [2.45, 2.75) is 45.0 Å². The molecular formula is C28H28F5N5O3. The number of nitrogens with one attached hydrogen (secondary N) is 1. The van der Waals surface area contributed by atoms with Crippen molar-refractivity contribution in [1.82, 2.24) is 14.9 Å². The average Bonchev–Trinajstić information content (AvgIpc) is 2.89. The van der Waals surface area contributed by atoms with E-state index in [1.807, 2.05) is 7.05 Å². The Morgan fingerprint density at radius 3 is 2.49 bits per heavy atom. The lowest BCUT2D eigenvalue weighted by Crippen LogP contribution is -2.43. The number of halogens is 5. The van der Waals surface area contributed by atoms with Gasteiger partial charge in [0.05, 0.1) is 11.9 Å². The van der Waals surface area contributed by atoms with E-state index in [1.165, 1.54) is 17.0 Å². The van der Waals surface area contributed by atoms with Crippen molar-refractivity contribution in [3.63, 3.8) is 0 Å². The Morgan fingerprint density at radius 1 is 1.10 bits per heavy atom. The second-order valence-corrected chi connectivity index (χ2v) is 10.3. The molecule has 1 amide bonds. The number of hydrogen-bond donors (Lipinski definition) is 1. The number of aromatic nitrogens is 2. The van der Waals surface area contributed by atoms with Crippen molar-refractivity contribution in [2.24, 2.45) is 0 Å². The van der Waals surface area contributed by atoms with E-state index >= 15 is 8.78 Å². The molecule has 5 rings (SSSR count). The van der Waals surface area contributed by atoms with Crippen LogP contribution >= 0.6 is 0 Å². The molecule has 2 aliphatic heterocycles. The predicted octanol–water partition coefficient (Wildman–Crippen LogP) is 6.01. The van der Waals surface area contributed by atoms with Crippen LogP contribution in [0.3, 0.4) is 0 Å². The van der Waals surface area contributed by atoms with Gasteiger partial charge in [-0.1, -0.05) is 6.07 Å². The van der Waals surface area contributed by atoms with Gasteiger partial charge in [-0.25, -0.2) is 18.7 Å². The number of ether oxygens (including phenoxy) is 2. The standard InChI is InChI=1S/C28H28F5N5O3/c1-15(2)38-22-11-17(10-21(30)26(22)40-14-24(38)39)25-23(41-28(31,32)33)13-34-27(36-25)35-18-4-5-19(20(29)12-18)16-6-8-37(3)9-7-16/h4-5,10-13,15-16H,6-9,14H2,1-3H3,(H,34,35,36). The summed E-state index contributed by atoms with van der Waals surface area (Å²) in [5.41, 5.74) is 0.403. The van der Waals surface area contributed by atoms with Crippen LogP contribution in [-0.4, -0.2) is 59.9 Å². The number of amides is 1. The molecule has 1 N–H and O–H groups in total. The molecule has 3 heterocycles. The summed E-state index contributed by atoms with van der Waals surface area (Å²) < 4.78 is 79.2. The van der Waals surface area contributed by atoms with E-state index in [-0.39, 0.29) is 47.2 Å². The molecule has 1 saturated heterocycles. The van der Waals surface area contributed by atoms with Crippen LogP contribution in [-0.2, 0) is 4.79 Å². The fourth-order valence-corrected chi connectivity index (χ4v) is 5.16. The first kappa shape index (κ1) is 28.5. The molecule has 0 aliphatic carbocycles. The van der Waals surface area contributed by atoms with Gasteiger partial charge in [0.2, 0.25) is 5.95 Å². The van der Waals surface area contributed by atoms with E-state index in [0.717, 1.165) is 38.2 Å². The third-order valence-electron chi connectivity index (χ3n) is 7.08. The summed E-state index contributed by atoms with van der Waals surface area (Å²) in [7, 11) is 2.02.